The molecule has 1 aromatic carbocycles. The second kappa shape index (κ2) is 3.46. The van der Waals surface area contributed by atoms with E-state index in [1.165, 1.54) is 12.1 Å². The fraction of sp³-hybridized carbons (Fsp3) is 0. The van der Waals surface area contributed by atoms with Gasteiger partial charge in [-0.15, -0.1) is 0 Å². The smallest absolute Gasteiger partial charge is 0.166 e. The van der Waals surface area contributed by atoms with Crippen LogP contribution in [0, 0.1) is 5.82 Å². The van der Waals surface area contributed by atoms with E-state index in [1.54, 1.807) is 24.3 Å². The maximum Gasteiger partial charge on any atom is 0.166 e. The number of halogens is 1. The summed E-state index contributed by atoms with van der Waals surface area (Å²) in [6.45, 7) is 0. The minimum atomic E-state index is -0.287. The highest BCUT2D eigenvalue weighted by Crippen LogP contribution is 2.18. The van der Waals surface area contributed by atoms with Gasteiger partial charge in [0.15, 0.2) is 6.29 Å². The number of aldehydes is 1. The molecule has 0 bridgehead atoms. The molecule has 70 valence electrons. The normalized spacial score (nSPS) is 10.1. The molecule has 0 fully saturated rings. The quantitative estimate of drug-likeness (QED) is 0.724. The molecular formula is C11H8FNO. The highest BCUT2D eigenvalue weighted by atomic mass is 19.1. The summed E-state index contributed by atoms with van der Waals surface area (Å²) in [4.78, 5) is 13.3. The second-order valence-corrected chi connectivity index (χ2v) is 2.96. The van der Waals surface area contributed by atoms with Gasteiger partial charge in [0.05, 0.1) is 5.69 Å². The Balaban J connectivity index is 2.43. The van der Waals surface area contributed by atoms with Crippen LogP contribution >= 0.6 is 0 Å². The van der Waals surface area contributed by atoms with Crippen LogP contribution in [0.5, 0.6) is 0 Å². The number of hydrogen-bond donors (Lipinski definition) is 1. The van der Waals surface area contributed by atoms with E-state index in [4.69, 9.17) is 0 Å². The van der Waals surface area contributed by atoms with Crippen LogP contribution < -0.4 is 0 Å². The zero-order valence-corrected chi connectivity index (χ0v) is 7.33. The average molecular weight is 189 g/mol. The molecule has 0 amide bonds. The lowest BCUT2D eigenvalue weighted by atomic mass is 10.1. The number of rotatable bonds is 2. The van der Waals surface area contributed by atoms with Crippen LogP contribution in [0.4, 0.5) is 4.39 Å². The van der Waals surface area contributed by atoms with Crippen molar-refractivity contribution in [2.75, 3.05) is 0 Å². The van der Waals surface area contributed by atoms with E-state index in [-0.39, 0.29) is 5.82 Å². The molecule has 0 saturated carbocycles. The van der Waals surface area contributed by atoms with Gasteiger partial charge in [0.2, 0.25) is 0 Å². The number of hydrogen-bond acceptors (Lipinski definition) is 1. The number of benzene rings is 1. The molecule has 2 aromatic rings. The molecule has 1 aromatic heterocycles. The molecule has 2 nitrogen and oxygen atoms in total. The van der Waals surface area contributed by atoms with Crippen LogP contribution in [0.15, 0.2) is 36.4 Å². The summed E-state index contributed by atoms with van der Waals surface area (Å²) in [5.74, 6) is -0.287. The van der Waals surface area contributed by atoms with Gasteiger partial charge in [-0.3, -0.25) is 4.79 Å². The van der Waals surface area contributed by atoms with Crippen molar-refractivity contribution in [3.63, 3.8) is 0 Å². The summed E-state index contributed by atoms with van der Waals surface area (Å²) in [5.41, 5.74) is 1.97. The summed E-state index contributed by atoms with van der Waals surface area (Å²) in [5, 5.41) is 0. The van der Waals surface area contributed by atoms with E-state index < -0.39 is 0 Å². The summed E-state index contributed by atoms with van der Waals surface area (Å²) >= 11 is 0. The van der Waals surface area contributed by atoms with Crippen LogP contribution in [0.2, 0.25) is 0 Å². The van der Waals surface area contributed by atoms with Crippen molar-refractivity contribution < 1.29 is 9.18 Å². The molecule has 1 heterocycles. The van der Waals surface area contributed by atoms with Gasteiger partial charge in [0, 0.05) is 11.3 Å². The highest BCUT2D eigenvalue weighted by Gasteiger charge is 2.01. The Hall–Kier alpha value is -1.90. The van der Waals surface area contributed by atoms with Crippen LogP contribution in [0.25, 0.3) is 11.3 Å². The molecule has 14 heavy (non-hydrogen) atoms. The molecule has 0 aliphatic rings. The Labute approximate surface area is 80.4 Å². The molecule has 0 spiro atoms. The van der Waals surface area contributed by atoms with Crippen molar-refractivity contribution in [1.82, 2.24) is 4.98 Å². The van der Waals surface area contributed by atoms with Crippen molar-refractivity contribution in [2.24, 2.45) is 0 Å². The second-order valence-electron chi connectivity index (χ2n) is 2.96. The number of aromatic amines is 1. The molecule has 0 unspecified atom stereocenters. The van der Waals surface area contributed by atoms with Gasteiger partial charge in [-0.25, -0.2) is 4.39 Å². The fourth-order valence-electron chi connectivity index (χ4n) is 1.31. The fourth-order valence-corrected chi connectivity index (χ4v) is 1.31. The molecule has 0 aliphatic carbocycles. The Morgan fingerprint density at radius 1 is 1.21 bits per heavy atom. The van der Waals surface area contributed by atoms with Crippen molar-refractivity contribution in [3.05, 3.63) is 47.9 Å². The number of aromatic nitrogens is 1. The van der Waals surface area contributed by atoms with Gasteiger partial charge in [0.25, 0.3) is 0 Å². The minimum Gasteiger partial charge on any atom is -0.352 e. The average Bonchev–Trinajstić information content (AvgIpc) is 2.66. The summed E-state index contributed by atoms with van der Waals surface area (Å²) < 4.78 is 12.9. The molecule has 0 saturated heterocycles. The third-order valence-corrected chi connectivity index (χ3v) is 1.97. The van der Waals surface area contributed by atoms with E-state index >= 15 is 0 Å². The zero-order chi connectivity index (χ0) is 9.97. The van der Waals surface area contributed by atoms with Gasteiger partial charge < -0.3 is 4.98 Å². The van der Waals surface area contributed by atoms with Crippen molar-refractivity contribution in [2.45, 2.75) is 0 Å². The first-order chi connectivity index (χ1) is 6.79. The van der Waals surface area contributed by atoms with Crippen LogP contribution in [0.3, 0.4) is 0 Å². The van der Waals surface area contributed by atoms with E-state index in [2.05, 4.69) is 4.98 Å². The van der Waals surface area contributed by atoms with E-state index in [9.17, 15) is 9.18 Å². The van der Waals surface area contributed by atoms with Crippen molar-refractivity contribution >= 4 is 6.29 Å². The Kier molecular flexibility index (Phi) is 2.14. The third-order valence-electron chi connectivity index (χ3n) is 1.97. The molecule has 3 heteroatoms. The van der Waals surface area contributed by atoms with E-state index in [0.717, 1.165) is 17.5 Å². The number of H-pyrrole nitrogens is 1. The first-order valence-electron chi connectivity index (χ1n) is 4.20. The van der Waals surface area contributed by atoms with Crippen LogP contribution in [-0.4, -0.2) is 11.3 Å². The predicted octanol–water partition coefficient (Wildman–Crippen LogP) is 2.63. The maximum atomic E-state index is 12.9. The zero-order valence-electron chi connectivity index (χ0n) is 7.33. The summed E-state index contributed by atoms with van der Waals surface area (Å²) in [6, 6.07) is 9.62. The number of carbonyl (C=O) groups excluding carboxylic acids is 1. The highest BCUT2D eigenvalue weighted by molar-refractivity contribution is 5.75. The number of nitrogens with one attached hydrogen (secondary N) is 1. The standard InChI is InChI=1S/C11H8FNO/c12-9-3-1-2-8(6-9)11-5-4-10(7-14)13-11/h1-7,13H. The lowest BCUT2D eigenvalue weighted by Crippen LogP contribution is -1.81. The Bertz CT molecular complexity index is 462. The predicted molar refractivity (Wildman–Crippen MR) is 51.6 cm³/mol. The topological polar surface area (TPSA) is 32.9 Å². The number of carbonyl (C=O) groups is 1. The van der Waals surface area contributed by atoms with Crippen molar-refractivity contribution in [1.29, 1.82) is 0 Å². The van der Waals surface area contributed by atoms with E-state index in [1.807, 2.05) is 0 Å². The molecule has 2 rings (SSSR count). The lowest BCUT2D eigenvalue weighted by molar-refractivity contribution is 0.111. The largest absolute Gasteiger partial charge is 0.352 e. The minimum absolute atomic E-state index is 0.287. The van der Waals surface area contributed by atoms with Gasteiger partial charge in [0.1, 0.15) is 5.82 Å². The van der Waals surface area contributed by atoms with Crippen molar-refractivity contribution in [3.8, 4) is 11.3 Å². The third kappa shape index (κ3) is 1.57. The molecule has 0 aliphatic heterocycles. The van der Waals surface area contributed by atoms with E-state index in [0.29, 0.717) is 5.69 Å². The Morgan fingerprint density at radius 3 is 2.71 bits per heavy atom. The first-order valence-corrected chi connectivity index (χ1v) is 4.20. The van der Waals surface area contributed by atoms with Gasteiger partial charge in [-0.05, 0) is 24.3 Å². The SMILES string of the molecule is O=Cc1ccc(-c2cccc(F)c2)[nH]1. The molecular weight excluding hydrogens is 181 g/mol. The maximum absolute atomic E-state index is 12.9. The lowest BCUT2D eigenvalue weighted by Gasteiger charge is -1.96. The molecule has 0 radical (unpaired) electrons. The summed E-state index contributed by atoms with van der Waals surface area (Å²) in [6.07, 6.45) is 0.725. The van der Waals surface area contributed by atoms with Gasteiger partial charge in [-0.1, -0.05) is 12.1 Å². The molecule has 1 N–H and O–H groups in total. The van der Waals surface area contributed by atoms with Gasteiger partial charge >= 0.3 is 0 Å². The molecule has 0 atom stereocenters. The van der Waals surface area contributed by atoms with Crippen LogP contribution in [-0.2, 0) is 0 Å². The monoisotopic (exact) mass is 189 g/mol. The summed E-state index contributed by atoms with van der Waals surface area (Å²) in [7, 11) is 0. The van der Waals surface area contributed by atoms with Gasteiger partial charge in [-0.2, -0.15) is 0 Å². The first kappa shape index (κ1) is 8.69. The van der Waals surface area contributed by atoms with Crippen LogP contribution in [0.1, 0.15) is 10.5 Å². The Morgan fingerprint density at radius 2 is 2.07 bits per heavy atom.